The molecule has 2 unspecified atom stereocenters. The Kier molecular flexibility index (Phi) is 4.72. The van der Waals surface area contributed by atoms with Gasteiger partial charge in [0.1, 0.15) is 5.82 Å². The molecule has 0 bridgehead atoms. The Morgan fingerprint density at radius 3 is 2.46 bits per heavy atom. The Bertz CT molecular complexity index is 764. The highest BCUT2D eigenvalue weighted by molar-refractivity contribution is 7.27. The van der Waals surface area contributed by atoms with Gasteiger partial charge in [0.2, 0.25) is 0 Å². The van der Waals surface area contributed by atoms with E-state index in [0.717, 1.165) is 17.3 Å². The molecule has 0 aliphatic carbocycles. The van der Waals surface area contributed by atoms with E-state index in [1.165, 1.54) is 17.0 Å². The normalized spacial score (nSPS) is 15.4. The van der Waals surface area contributed by atoms with Crippen LogP contribution < -0.4 is 14.8 Å². The molecular formula is C18H19FNO3P. The van der Waals surface area contributed by atoms with E-state index in [9.17, 15) is 9.18 Å². The van der Waals surface area contributed by atoms with Gasteiger partial charge in [0.05, 0.1) is 5.56 Å². The van der Waals surface area contributed by atoms with Gasteiger partial charge in [-0.25, -0.2) is 4.39 Å². The van der Waals surface area contributed by atoms with Gasteiger partial charge in [-0.15, -0.1) is 9.24 Å². The number of ether oxygens (including phenoxy) is 2. The van der Waals surface area contributed by atoms with Crippen LogP contribution in [0.5, 0.6) is 11.5 Å². The van der Waals surface area contributed by atoms with E-state index in [4.69, 9.17) is 9.47 Å². The smallest absolute Gasteiger partial charge is 0.267 e. The Hall–Kier alpha value is -2.13. The molecule has 1 heterocycles. The largest absolute Gasteiger partial charge is 0.447 e. The van der Waals surface area contributed by atoms with Crippen molar-refractivity contribution in [3.8, 4) is 11.5 Å². The standard InChI is InChI=1S/C18H19FNO3P/c1-3-8-20(2)17(21)13-9-15-16(10-14(13)19)23-18(22-15)11-4-6-12(24)7-5-11/h4-7,9-10,18H,3,8,24H2,1-2H3. The van der Waals surface area contributed by atoms with Crippen LogP contribution >= 0.6 is 9.24 Å². The lowest BCUT2D eigenvalue weighted by molar-refractivity contribution is 0.0486. The van der Waals surface area contributed by atoms with Gasteiger partial charge >= 0.3 is 0 Å². The first kappa shape index (κ1) is 16.7. The van der Waals surface area contributed by atoms with Crippen molar-refractivity contribution in [3.63, 3.8) is 0 Å². The Labute approximate surface area is 142 Å². The number of fused-ring (bicyclic) bond motifs is 1. The second-order valence-electron chi connectivity index (χ2n) is 5.74. The molecule has 126 valence electrons. The molecule has 1 aliphatic heterocycles. The summed E-state index contributed by atoms with van der Waals surface area (Å²) in [6.07, 6.45) is 0.172. The van der Waals surface area contributed by atoms with E-state index in [1.807, 2.05) is 31.2 Å². The minimum atomic E-state index is -0.635. The third-order valence-electron chi connectivity index (χ3n) is 3.85. The minimum absolute atomic E-state index is 0.00532. The highest BCUT2D eigenvalue weighted by Crippen LogP contribution is 2.41. The van der Waals surface area contributed by atoms with E-state index in [2.05, 4.69) is 9.24 Å². The zero-order valence-electron chi connectivity index (χ0n) is 13.6. The van der Waals surface area contributed by atoms with Crippen LogP contribution in [0.25, 0.3) is 0 Å². The molecule has 0 aromatic heterocycles. The minimum Gasteiger partial charge on any atom is -0.447 e. The maximum Gasteiger partial charge on any atom is 0.267 e. The molecule has 2 aromatic rings. The maximum atomic E-state index is 14.3. The van der Waals surface area contributed by atoms with E-state index in [0.29, 0.717) is 18.0 Å². The summed E-state index contributed by atoms with van der Waals surface area (Å²) in [5.41, 5.74) is 0.822. The molecule has 6 heteroatoms. The number of rotatable bonds is 4. The number of nitrogens with zero attached hydrogens (tertiary/aromatic N) is 1. The number of benzene rings is 2. The maximum absolute atomic E-state index is 14.3. The number of carbonyl (C=O) groups is 1. The van der Waals surface area contributed by atoms with Crippen LogP contribution in [0.15, 0.2) is 36.4 Å². The third-order valence-corrected chi connectivity index (χ3v) is 4.23. The molecule has 1 aliphatic rings. The van der Waals surface area contributed by atoms with Crippen molar-refractivity contribution in [1.82, 2.24) is 4.90 Å². The molecule has 3 rings (SSSR count). The molecule has 0 spiro atoms. The Morgan fingerprint density at radius 2 is 1.83 bits per heavy atom. The van der Waals surface area contributed by atoms with E-state index in [-0.39, 0.29) is 11.5 Å². The van der Waals surface area contributed by atoms with E-state index < -0.39 is 12.1 Å². The second kappa shape index (κ2) is 6.78. The molecule has 2 aromatic carbocycles. The first-order chi connectivity index (χ1) is 11.5. The molecule has 24 heavy (non-hydrogen) atoms. The fraction of sp³-hybridized carbons (Fsp3) is 0.278. The highest BCUT2D eigenvalue weighted by atomic mass is 31.0. The van der Waals surface area contributed by atoms with Gasteiger partial charge in [-0.05, 0) is 17.8 Å². The zero-order chi connectivity index (χ0) is 17.3. The van der Waals surface area contributed by atoms with Crippen molar-refractivity contribution in [2.75, 3.05) is 13.6 Å². The fourth-order valence-corrected chi connectivity index (χ4v) is 2.76. The summed E-state index contributed by atoms with van der Waals surface area (Å²) >= 11 is 0. The first-order valence-electron chi connectivity index (χ1n) is 7.77. The van der Waals surface area contributed by atoms with Gasteiger partial charge in [0.25, 0.3) is 12.2 Å². The van der Waals surface area contributed by atoms with Gasteiger partial charge in [-0.3, -0.25) is 4.79 Å². The van der Waals surface area contributed by atoms with Crippen LogP contribution in [0.1, 0.15) is 35.6 Å². The van der Waals surface area contributed by atoms with Crippen molar-refractivity contribution in [2.45, 2.75) is 19.6 Å². The van der Waals surface area contributed by atoms with Crippen LogP contribution in [0.3, 0.4) is 0 Å². The summed E-state index contributed by atoms with van der Waals surface area (Å²) in [4.78, 5) is 13.8. The molecule has 4 nitrogen and oxygen atoms in total. The van der Waals surface area contributed by atoms with Gasteiger partial charge in [0.15, 0.2) is 11.5 Å². The zero-order valence-corrected chi connectivity index (χ0v) is 14.7. The molecule has 1 amide bonds. The van der Waals surface area contributed by atoms with Crippen molar-refractivity contribution in [3.05, 3.63) is 53.3 Å². The molecule has 0 fully saturated rings. The van der Waals surface area contributed by atoms with Gasteiger partial charge < -0.3 is 14.4 Å². The number of hydrogen-bond acceptors (Lipinski definition) is 3. The summed E-state index contributed by atoms with van der Waals surface area (Å²) in [7, 11) is 4.26. The van der Waals surface area contributed by atoms with Crippen LogP contribution in [-0.4, -0.2) is 24.4 Å². The lowest BCUT2D eigenvalue weighted by Crippen LogP contribution is -2.28. The first-order valence-corrected chi connectivity index (χ1v) is 8.35. The predicted molar refractivity (Wildman–Crippen MR) is 93.4 cm³/mol. The highest BCUT2D eigenvalue weighted by Gasteiger charge is 2.29. The lowest BCUT2D eigenvalue weighted by atomic mass is 10.1. The van der Waals surface area contributed by atoms with Crippen molar-refractivity contribution in [1.29, 1.82) is 0 Å². The molecule has 2 atom stereocenters. The van der Waals surface area contributed by atoms with Crippen molar-refractivity contribution in [2.24, 2.45) is 0 Å². The quantitative estimate of drug-likeness (QED) is 0.797. The van der Waals surface area contributed by atoms with Crippen LogP contribution in [0, 0.1) is 5.82 Å². The van der Waals surface area contributed by atoms with Crippen molar-refractivity contribution >= 4 is 20.5 Å². The average molecular weight is 347 g/mol. The average Bonchev–Trinajstić information content (AvgIpc) is 2.97. The van der Waals surface area contributed by atoms with Crippen LogP contribution in [-0.2, 0) is 0 Å². The molecule has 0 radical (unpaired) electrons. The van der Waals surface area contributed by atoms with Crippen molar-refractivity contribution < 1.29 is 18.7 Å². The predicted octanol–water partition coefficient (Wildman–Crippen LogP) is 3.28. The monoisotopic (exact) mass is 347 g/mol. The Morgan fingerprint density at radius 1 is 1.21 bits per heavy atom. The molecule has 0 saturated heterocycles. The lowest BCUT2D eigenvalue weighted by Gasteiger charge is -2.16. The Balaban J connectivity index is 1.85. The summed E-state index contributed by atoms with van der Waals surface area (Å²) in [6, 6.07) is 10.2. The van der Waals surface area contributed by atoms with Crippen LogP contribution in [0.2, 0.25) is 0 Å². The SMILES string of the molecule is CCCN(C)C(=O)c1cc2c(cc1F)OC(c1ccc(P)cc1)O2. The molecule has 0 N–H and O–H groups in total. The summed E-state index contributed by atoms with van der Waals surface area (Å²) in [6.45, 7) is 2.53. The van der Waals surface area contributed by atoms with Gasteiger partial charge in [0, 0.05) is 25.2 Å². The van der Waals surface area contributed by atoms with Crippen LogP contribution in [0.4, 0.5) is 4.39 Å². The summed E-state index contributed by atoms with van der Waals surface area (Å²) < 4.78 is 25.7. The fourth-order valence-electron chi connectivity index (χ4n) is 2.57. The number of amides is 1. The van der Waals surface area contributed by atoms with E-state index in [1.54, 1.807) is 7.05 Å². The number of carbonyl (C=O) groups excluding carboxylic acids is 1. The number of hydrogen-bond donors (Lipinski definition) is 0. The second-order valence-corrected chi connectivity index (χ2v) is 6.41. The van der Waals surface area contributed by atoms with E-state index >= 15 is 0 Å². The third kappa shape index (κ3) is 3.22. The topological polar surface area (TPSA) is 38.8 Å². The molecule has 0 saturated carbocycles. The number of halogens is 1. The summed E-state index contributed by atoms with van der Waals surface area (Å²) in [5.74, 6) is -0.283. The van der Waals surface area contributed by atoms with Gasteiger partial charge in [-0.2, -0.15) is 0 Å². The summed E-state index contributed by atoms with van der Waals surface area (Å²) in [5, 5.41) is 1.05. The molecular weight excluding hydrogens is 328 g/mol. The van der Waals surface area contributed by atoms with Gasteiger partial charge in [-0.1, -0.05) is 31.2 Å².